The van der Waals surface area contributed by atoms with Crippen molar-refractivity contribution in [2.75, 3.05) is 6.54 Å². The molecule has 5 N–H and O–H groups in total. The lowest BCUT2D eigenvalue weighted by Gasteiger charge is -2.16. The van der Waals surface area contributed by atoms with Gasteiger partial charge in [-0.1, -0.05) is 67.8 Å². The second kappa shape index (κ2) is 13.9. The van der Waals surface area contributed by atoms with Gasteiger partial charge in [0.1, 0.15) is 0 Å². The largest absolute Gasteiger partial charge is 0.384 e. The molecule has 4 aromatic rings. The Hall–Kier alpha value is -3.72. The van der Waals surface area contributed by atoms with Gasteiger partial charge < -0.3 is 10.6 Å². The fourth-order valence-corrected chi connectivity index (χ4v) is 4.36. The summed E-state index contributed by atoms with van der Waals surface area (Å²) in [6, 6.07) is 22.4. The van der Waals surface area contributed by atoms with Gasteiger partial charge in [-0.05, 0) is 65.9 Å². The zero-order valence-corrected chi connectivity index (χ0v) is 23.3. The molecule has 0 aliphatic heterocycles. The third kappa shape index (κ3) is 7.89. The minimum atomic E-state index is -0.202. The van der Waals surface area contributed by atoms with Crippen LogP contribution in [0.4, 0.5) is 0 Å². The standard InChI is InChI=1S/C30H32ClN5O2S/c1-2-3-4-17-33-27(18-29(37)36-20-28(35-36)23-11-13-25(31)14-12-23)22-7-9-24(10-8-22)30(38)34-19-21-5-15-26(39-32)16-6-21/h5-16,18,20,33,35H,2-4,17,19,32H2,1H3,(H,34,38)/b27-18-. The molecule has 1 heterocycles. The predicted molar refractivity (Wildman–Crippen MR) is 159 cm³/mol. The summed E-state index contributed by atoms with van der Waals surface area (Å²) in [7, 11) is 0. The van der Waals surface area contributed by atoms with Crippen LogP contribution in [0.3, 0.4) is 0 Å². The number of halogens is 1. The molecule has 9 heteroatoms. The minimum absolute atomic E-state index is 0.166. The van der Waals surface area contributed by atoms with Crippen molar-refractivity contribution in [3.8, 4) is 11.3 Å². The maximum absolute atomic E-state index is 13.0. The third-order valence-electron chi connectivity index (χ3n) is 6.23. The van der Waals surface area contributed by atoms with Gasteiger partial charge in [-0.2, -0.15) is 0 Å². The molecule has 0 atom stereocenters. The third-order valence-corrected chi connectivity index (χ3v) is 7.02. The molecule has 4 rings (SSSR count). The van der Waals surface area contributed by atoms with Gasteiger partial charge >= 0.3 is 0 Å². The Labute approximate surface area is 237 Å². The van der Waals surface area contributed by atoms with Gasteiger partial charge in [-0.15, -0.1) is 0 Å². The molecule has 0 saturated carbocycles. The number of hydrogen-bond acceptors (Lipinski definition) is 5. The first kappa shape index (κ1) is 28.3. The predicted octanol–water partition coefficient (Wildman–Crippen LogP) is 6.49. The molecular formula is C30H32ClN5O2S. The summed E-state index contributed by atoms with van der Waals surface area (Å²) < 4.78 is 1.44. The lowest BCUT2D eigenvalue weighted by Crippen LogP contribution is -2.23. The number of benzene rings is 3. The molecule has 0 aliphatic carbocycles. The number of carbonyl (C=O) groups is 2. The Balaban J connectivity index is 1.43. The Morgan fingerprint density at radius 1 is 0.949 bits per heavy atom. The minimum Gasteiger partial charge on any atom is -0.384 e. The molecule has 0 unspecified atom stereocenters. The van der Waals surface area contributed by atoms with Crippen LogP contribution in [0.2, 0.25) is 5.02 Å². The van der Waals surface area contributed by atoms with Gasteiger partial charge in [0.25, 0.3) is 11.8 Å². The van der Waals surface area contributed by atoms with Gasteiger partial charge in [-0.25, -0.2) is 4.68 Å². The monoisotopic (exact) mass is 561 g/mol. The van der Waals surface area contributed by atoms with E-state index in [2.05, 4.69) is 22.7 Å². The van der Waals surface area contributed by atoms with Crippen molar-refractivity contribution in [1.29, 1.82) is 0 Å². The molecule has 3 aromatic carbocycles. The molecular weight excluding hydrogens is 530 g/mol. The molecule has 7 nitrogen and oxygen atoms in total. The fraction of sp³-hybridized carbons (Fsp3) is 0.200. The summed E-state index contributed by atoms with van der Waals surface area (Å²) in [5.74, 6) is -0.368. The number of nitrogens with two attached hydrogens (primary N) is 1. The summed E-state index contributed by atoms with van der Waals surface area (Å²) >= 11 is 7.15. The van der Waals surface area contributed by atoms with E-state index < -0.39 is 0 Å². The van der Waals surface area contributed by atoms with E-state index >= 15 is 0 Å². The molecule has 0 aliphatic rings. The highest BCUT2D eigenvalue weighted by Crippen LogP contribution is 2.21. The van der Waals surface area contributed by atoms with Gasteiger partial charge in [0.15, 0.2) is 0 Å². The van der Waals surface area contributed by atoms with E-state index in [0.717, 1.165) is 53.1 Å². The maximum atomic E-state index is 13.0. The first-order chi connectivity index (χ1) is 19.0. The van der Waals surface area contributed by atoms with E-state index in [1.54, 1.807) is 24.4 Å². The van der Waals surface area contributed by atoms with E-state index in [4.69, 9.17) is 16.7 Å². The van der Waals surface area contributed by atoms with Crippen LogP contribution in [0.1, 0.15) is 52.5 Å². The Morgan fingerprint density at radius 3 is 2.26 bits per heavy atom. The second-order valence-electron chi connectivity index (χ2n) is 9.08. The van der Waals surface area contributed by atoms with Gasteiger partial charge in [0, 0.05) is 45.9 Å². The van der Waals surface area contributed by atoms with Crippen LogP contribution >= 0.6 is 23.5 Å². The zero-order valence-electron chi connectivity index (χ0n) is 21.7. The van der Waals surface area contributed by atoms with Crippen molar-refractivity contribution in [2.45, 2.75) is 37.6 Å². The average molecular weight is 562 g/mol. The average Bonchev–Trinajstić information content (AvgIpc) is 2.94. The lowest BCUT2D eigenvalue weighted by atomic mass is 10.1. The highest BCUT2D eigenvalue weighted by atomic mass is 35.5. The fourth-order valence-electron chi connectivity index (χ4n) is 3.94. The van der Waals surface area contributed by atoms with Gasteiger partial charge in [0.05, 0.1) is 11.9 Å². The Morgan fingerprint density at radius 2 is 1.62 bits per heavy atom. The van der Waals surface area contributed by atoms with Crippen LogP contribution < -0.4 is 15.8 Å². The number of H-pyrrole nitrogens is 1. The van der Waals surface area contributed by atoms with Crippen molar-refractivity contribution in [1.82, 2.24) is 20.4 Å². The molecule has 0 saturated heterocycles. The number of nitrogens with zero attached hydrogens (tertiary/aromatic N) is 1. The summed E-state index contributed by atoms with van der Waals surface area (Å²) in [4.78, 5) is 26.6. The van der Waals surface area contributed by atoms with Crippen LogP contribution in [-0.2, 0) is 6.54 Å². The van der Waals surface area contributed by atoms with E-state index in [1.165, 1.54) is 16.6 Å². The number of carbonyl (C=O) groups excluding carboxylic acids is 2. The topological polar surface area (TPSA) is 105 Å². The van der Waals surface area contributed by atoms with Crippen LogP contribution in [-0.4, -0.2) is 28.1 Å². The summed E-state index contributed by atoms with van der Waals surface area (Å²) in [6.07, 6.45) is 6.53. The van der Waals surface area contributed by atoms with Crippen LogP contribution in [0, 0.1) is 0 Å². The second-order valence-corrected chi connectivity index (χ2v) is 10.2. The number of nitrogens with one attached hydrogen (secondary N) is 3. The van der Waals surface area contributed by atoms with E-state index in [9.17, 15) is 9.59 Å². The van der Waals surface area contributed by atoms with Crippen LogP contribution in [0.25, 0.3) is 17.0 Å². The first-order valence-electron chi connectivity index (χ1n) is 12.8. The molecule has 1 amide bonds. The Kier molecular flexibility index (Phi) is 10.1. The number of allylic oxidation sites excluding steroid dienone is 1. The number of hydrogen-bond donors (Lipinski definition) is 4. The molecule has 0 radical (unpaired) electrons. The van der Waals surface area contributed by atoms with Gasteiger partial charge in [0.2, 0.25) is 0 Å². The Bertz CT molecular complexity index is 1400. The number of amides is 1. The van der Waals surface area contributed by atoms with Crippen LogP contribution in [0.5, 0.6) is 0 Å². The van der Waals surface area contributed by atoms with E-state index in [0.29, 0.717) is 22.8 Å². The highest BCUT2D eigenvalue weighted by Gasteiger charge is 2.13. The van der Waals surface area contributed by atoms with Crippen molar-refractivity contribution < 1.29 is 9.59 Å². The SMILES string of the molecule is CCCCCN/C(=C\C(=O)n1cc(-c2ccc(Cl)cc2)[nH]1)c1ccc(C(=O)NCc2ccc(SN)cc2)cc1. The zero-order chi connectivity index (χ0) is 27.6. The molecule has 1 aromatic heterocycles. The maximum Gasteiger partial charge on any atom is 0.271 e. The summed E-state index contributed by atoms with van der Waals surface area (Å²) in [5, 5.41) is 15.6. The van der Waals surface area contributed by atoms with Crippen molar-refractivity contribution >= 4 is 41.1 Å². The lowest BCUT2D eigenvalue weighted by molar-refractivity contribution is 0.0941. The summed E-state index contributed by atoms with van der Waals surface area (Å²) in [5.41, 5.74) is 4.86. The van der Waals surface area contributed by atoms with Gasteiger partial charge in [-0.3, -0.25) is 19.8 Å². The first-order valence-corrected chi connectivity index (χ1v) is 14.1. The molecule has 0 spiro atoms. The van der Waals surface area contributed by atoms with E-state index in [-0.39, 0.29) is 11.8 Å². The number of aromatic amines is 1. The summed E-state index contributed by atoms with van der Waals surface area (Å²) in [6.45, 7) is 3.32. The molecule has 0 bridgehead atoms. The normalized spacial score (nSPS) is 11.4. The van der Waals surface area contributed by atoms with Crippen LogP contribution in [0.15, 0.2) is 90.0 Å². The number of aromatic nitrogens is 2. The molecule has 202 valence electrons. The number of rotatable bonds is 12. The molecule has 39 heavy (non-hydrogen) atoms. The smallest absolute Gasteiger partial charge is 0.271 e. The molecule has 0 fully saturated rings. The number of unbranched alkanes of at least 4 members (excludes halogenated alkanes) is 2. The van der Waals surface area contributed by atoms with E-state index in [1.807, 2.05) is 60.7 Å². The van der Waals surface area contributed by atoms with Crippen molar-refractivity contribution in [3.05, 3.63) is 107 Å². The van der Waals surface area contributed by atoms with Crippen molar-refractivity contribution in [2.24, 2.45) is 5.14 Å². The van der Waals surface area contributed by atoms with Crippen molar-refractivity contribution in [3.63, 3.8) is 0 Å². The highest BCUT2D eigenvalue weighted by molar-refractivity contribution is 7.97. The quantitative estimate of drug-likeness (QED) is 0.0898.